The lowest BCUT2D eigenvalue weighted by Crippen LogP contribution is -2.33. The molecule has 2 fully saturated rings. The van der Waals surface area contributed by atoms with Crippen LogP contribution in [0.1, 0.15) is 56.5 Å². The van der Waals surface area contributed by atoms with E-state index in [1.165, 1.54) is 6.07 Å². The van der Waals surface area contributed by atoms with Crippen molar-refractivity contribution in [3.63, 3.8) is 0 Å². The summed E-state index contributed by atoms with van der Waals surface area (Å²) in [6.07, 6.45) is 1.76. The summed E-state index contributed by atoms with van der Waals surface area (Å²) >= 11 is 0. The predicted octanol–water partition coefficient (Wildman–Crippen LogP) is 3.53. The number of aromatic nitrogens is 2. The summed E-state index contributed by atoms with van der Waals surface area (Å²) in [6, 6.07) is 1.46. The third kappa shape index (κ3) is 2.85. The second kappa shape index (κ2) is 5.02. The SMILES string of the molecule is CC1CCN(c2cc(C(F)F)nc(C3CC3)n2)CC1. The molecular weight excluding hydrogens is 248 g/mol. The molecule has 1 saturated heterocycles. The van der Waals surface area contributed by atoms with Crippen LogP contribution in [0.3, 0.4) is 0 Å². The van der Waals surface area contributed by atoms with Gasteiger partial charge in [0, 0.05) is 25.1 Å². The molecule has 5 heteroatoms. The second-order valence-electron chi connectivity index (χ2n) is 5.75. The molecule has 0 unspecified atom stereocenters. The predicted molar refractivity (Wildman–Crippen MR) is 69.6 cm³/mol. The van der Waals surface area contributed by atoms with E-state index in [0.717, 1.165) is 44.7 Å². The van der Waals surface area contributed by atoms with Gasteiger partial charge in [0.2, 0.25) is 0 Å². The summed E-state index contributed by atoms with van der Waals surface area (Å²) < 4.78 is 25.9. The van der Waals surface area contributed by atoms with Gasteiger partial charge in [0.05, 0.1) is 0 Å². The molecule has 19 heavy (non-hydrogen) atoms. The van der Waals surface area contributed by atoms with Crippen molar-refractivity contribution in [1.29, 1.82) is 0 Å². The van der Waals surface area contributed by atoms with Crippen LogP contribution in [-0.2, 0) is 0 Å². The average molecular weight is 267 g/mol. The van der Waals surface area contributed by atoms with Gasteiger partial charge in [-0.3, -0.25) is 0 Å². The minimum absolute atomic E-state index is 0.120. The van der Waals surface area contributed by atoms with Crippen LogP contribution in [0, 0.1) is 5.92 Å². The number of nitrogens with zero attached hydrogens (tertiary/aromatic N) is 3. The Balaban J connectivity index is 1.86. The van der Waals surface area contributed by atoms with E-state index in [4.69, 9.17) is 0 Å². The molecule has 104 valence electrons. The van der Waals surface area contributed by atoms with Crippen LogP contribution in [0.25, 0.3) is 0 Å². The molecule has 0 spiro atoms. The third-order valence-corrected chi connectivity index (χ3v) is 4.02. The van der Waals surface area contributed by atoms with E-state index in [0.29, 0.717) is 17.6 Å². The first-order chi connectivity index (χ1) is 9.13. The van der Waals surface area contributed by atoms with Crippen molar-refractivity contribution in [1.82, 2.24) is 9.97 Å². The molecule has 1 aromatic rings. The molecular formula is C14H19F2N3. The van der Waals surface area contributed by atoms with Gasteiger partial charge in [-0.25, -0.2) is 18.7 Å². The zero-order valence-electron chi connectivity index (χ0n) is 11.1. The number of anilines is 1. The summed E-state index contributed by atoms with van der Waals surface area (Å²) in [5.41, 5.74) is -0.120. The Morgan fingerprint density at radius 2 is 1.84 bits per heavy atom. The molecule has 1 aliphatic carbocycles. The minimum Gasteiger partial charge on any atom is -0.356 e. The standard InChI is InChI=1S/C14H19F2N3/c1-9-4-6-19(7-5-9)12-8-11(13(15)16)17-14(18-12)10-2-3-10/h8-10,13H,2-7H2,1H3. The topological polar surface area (TPSA) is 29.0 Å². The lowest BCUT2D eigenvalue weighted by Gasteiger charge is -2.31. The van der Waals surface area contributed by atoms with E-state index in [2.05, 4.69) is 21.8 Å². The highest BCUT2D eigenvalue weighted by Crippen LogP contribution is 2.39. The van der Waals surface area contributed by atoms with Gasteiger partial charge in [-0.05, 0) is 31.6 Å². The molecule has 1 saturated carbocycles. The molecule has 0 atom stereocenters. The first-order valence-electron chi connectivity index (χ1n) is 7.05. The number of piperidine rings is 1. The fraction of sp³-hybridized carbons (Fsp3) is 0.714. The number of hydrogen-bond donors (Lipinski definition) is 0. The lowest BCUT2D eigenvalue weighted by molar-refractivity contribution is 0.145. The lowest BCUT2D eigenvalue weighted by atomic mass is 9.99. The van der Waals surface area contributed by atoms with Crippen LogP contribution in [0.15, 0.2) is 6.07 Å². The molecule has 0 aromatic carbocycles. The van der Waals surface area contributed by atoms with Crippen molar-refractivity contribution in [2.45, 2.75) is 45.0 Å². The van der Waals surface area contributed by atoms with Gasteiger partial charge in [-0.2, -0.15) is 0 Å². The van der Waals surface area contributed by atoms with Crippen LogP contribution in [0.2, 0.25) is 0 Å². The molecule has 3 nitrogen and oxygen atoms in total. The van der Waals surface area contributed by atoms with Gasteiger partial charge in [-0.1, -0.05) is 6.92 Å². The van der Waals surface area contributed by atoms with Crippen LogP contribution in [0.4, 0.5) is 14.6 Å². The van der Waals surface area contributed by atoms with Crippen molar-refractivity contribution in [3.8, 4) is 0 Å². The summed E-state index contributed by atoms with van der Waals surface area (Å²) in [5, 5.41) is 0. The zero-order valence-corrected chi connectivity index (χ0v) is 11.1. The molecule has 2 heterocycles. The van der Waals surface area contributed by atoms with E-state index in [1.54, 1.807) is 0 Å². The van der Waals surface area contributed by atoms with E-state index in [1.807, 2.05) is 0 Å². The number of hydrogen-bond acceptors (Lipinski definition) is 3. The highest BCUT2D eigenvalue weighted by Gasteiger charge is 2.29. The van der Waals surface area contributed by atoms with Crippen LogP contribution < -0.4 is 4.90 Å². The maximum Gasteiger partial charge on any atom is 0.280 e. The van der Waals surface area contributed by atoms with E-state index < -0.39 is 6.43 Å². The van der Waals surface area contributed by atoms with E-state index in [-0.39, 0.29) is 5.69 Å². The Kier molecular flexibility index (Phi) is 3.37. The Labute approximate surface area is 112 Å². The number of alkyl halides is 2. The normalized spacial score (nSPS) is 21.2. The molecule has 0 N–H and O–H groups in total. The summed E-state index contributed by atoms with van der Waals surface area (Å²) in [6.45, 7) is 4.05. The fourth-order valence-corrected chi connectivity index (χ4v) is 2.51. The highest BCUT2D eigenvalue weighted by molar-refractivity contribution is 5.41. The fourth-order valence-electron chi connectivity index (χ4n) is 2.51. The van der Waals surface area contributed by atoms with Crippen LogP contribution >= 0.6 is 0 Å². The van der Waals surface area contributed by atoms with Gasteiger partial charge >= 0.3 is 0 Å². The van der Waals surface area contributed by atoms with E-state index >= 15 is 0 Å². The second-order valence-corrected chi connectivity index (χ2v) is 5.75. The summed E-state index contributed by atoms with van der Waals surface area (Å²) in [4.78, 5) is 10.6. The Bertz CT molecular complexity index is 432. The van der Waals surface area contributed by atoms with Gasteiger partial charge < -0.3 is 4.90 Å². The summed E-state index contributed by atoms with van der Waals surface area (Å²) in [7, 11) is 0. The molecule has 1 aliphatic heterocycles. The van der Waals surface area contributed by atoms with Gasteiger partial charge in [-0.15, -0.1) is 0 Å². The van der Waals surface area contributed by atoms with Crippen LogP contribution in [-0.4, -0.2) is 23.1 Å². The highest BCUT2D eigenvalue weighted by atomic mass is 19.3. The first-order valence-corrected chi connectivity index (χ1v) is 7.05. The Morgan fingerprint density at radius 1 is 1.16 bits per heavy atom. The average Bonchev–Trinajstić information content (AvgIpc) is 3.23. The zero-order chi connectivity index (χ0) is 13.4. The van der Waals surface area contributed by atoms with Gasteiger partial charge in [0.15, 0.2) is 0 Å². The number of halogens is 2. The maximum absolute atomic E-state index is 12.9. The first kappa shape index (κ1) is 12.8. The Hall–Kier alpha value is -1.26. The smallest absolute Gasteiger partial charge is 0.280 e. The molecule has 0 radical (unpaired) electrons. The third-order valence-electron chi connectivity index (χ3n) is 4.02. The molecule has 3 rings (SSSR count). The quantitative estimate of drug-likeness (QED) is 0.839. The molecule has 2 aliphatic rings. The van der Waals surface area contributed by atoms with Crippen molar-refractivity contribution in [3.05, 3.63) is 17.6 Å². The van der Waals surface area contributed by atoms with Gasteiger partial charge in [0.25, 0.3) is 6.43 Å². The van der Waals surface area contributed by atoms with E-state index in [9.17, 15) is 8.78 Å². The maximum atomic E-state index is 12.9. The molecule has 0 bridgehead atoms. The van der Waals surface area contributed by atoms with Crippen molar-refractivity contribution in [2.75, 3.05) is 18.0 Å². The van der Waals surface area contributed by atoms with Crippen molar-refractivity contribution < 1.29 is 8.78 Å². The molecule has 1 aromatic heterocycles. The van der Waals surface area contributed by atoms with Crippen molar-refractivity contribution in [2.24, 2.45) is 5.92 Å². The Morgan fingerprint density at radius 3 is 2.42 bits per heavy atom. The van der Waals surface area contributed by atoms with Crippen molar-refractivity contribution >= 4 is 5.82 Å². The minimum atomic E-state index is -2.51. The monoisotopic (exact) mass is 267 g/mol. The van der Waals surface area contributed by atoms with Crippen LogP contribution in [0.5, 0.6) is 0 Å². The largest absolute Gasteiger partial charge is 0.356 e. The number of rotatable bonds is 3. The van der Waals surface area contributed by atoms with Gasteiger partial charge in [0.1, 0.15) is 17.3 Å². The molecule has 0 amide bonds. The summed E-state index contributed by atoms with van der Waals surface area (Å²) in [5.74, 6) is 2.34.